The number of amides is 1. The zero-order valence-electron chi connectivity index (χ0n) is 20.1. The van der Waals surface area contributed by atoms with Gasteiger partial charge < -0.3 is 10.1 Å². The van der Waals surface area contributed by atoms with Gasteiger partial charge in [-0.25, -0.2) is 5.01 Å². The van der Waals surface area contributed by atoms with Crippen LogP contribution in [0.1, 0.15) is 58.1 Å². The Kier molecular flexibility index (Phi) is 8.09. The number of rotatable bonds is 9. The van der Waals surface area contributed by atoms with E-state index in [1.54, 1.807) is 24.4 Å². The average Bonchev–Trinajstić information content (AvgIpc) is 3.05. The summed E-state index contributed by atoms with van der Waals surface area (Å²) in [5.41, 5.74) is 0.907. The molecule has 1 amide bonds. The summed E-state index contributed by atoms with van der Waals surface area (Å²) < 4.78 is 34.8. The Morgan fingerprint density at radius 3 is 2.53 bits per heavy atom. The molecule has 0 radical (unpaired) electrons. The Bertz CT molecular complexity index is 1170. The molecule has 1 aliphatic heterocycles. The molecular weight excluding hydrogens is 452 g/mol. The number of nitrogens with zero attached hydrogens (tertiary/aromatic N) is 3. The highest BCUT2D eigenvalue weighted by molar-refractivity contribution is 7.90. The van der Waals surface area contributed by atoms with Gasteiger partial charge in [0, 0.05) is 17.5 Å². The molecule has 0 fully saturated rings. The summed E-state index contributed by atoms with van der Waals surface area (Å²) in [6.45, 7) is 8.65. The molecule has 1 aliphatic rings. The predicted molar refractivity (Wildman–Crippen MR) is 134 cm³/mol. The maximum Gasteiger partial charge on any atom is 0.285 e. The van der Waals surface area contributed by atoms with E-state index in [9.17, 15) is 13.2 Å². The number of fused-ring (bicyclic) bond motifs is 1. The van der Waals surface area contributed by atoms with Crippen molar-refractivity contribution in [3.8, 4) is 5.75 Å². The van der Waals surface area contributed by atoms with Crippen LogP contribution in [0.4, 0.5) is 0 Å². The van der Waals surface area contributed by atoms with Gasteiger partial charge in [0.05, 0.1) is 19.4 Å². The van der Waals surface area contributed by atoms with E-state index in [4.69, 9.17) is 4.74 Å². The normalized spacial score (nSPS) is 14.5. The maximum atomic E-state index is 12.6. The van der Waals surface area contributed by atoms with Crippen molar-refractivity contribution in [3.05, 3.63) is 59.7 Å². The van der Waals surface area contributed by atoms with Gasteiger partial charge in [0.1, 0.15) is 10.6 Å². The van der Waals surface area contributed by atoms with Crippen LogP contribution in [0.15, 0.2) is 62.9 Å². The van der Waals surface area contributed by atoms with Crippen LogP contribution in [0.5, 0.6) is 5.75 Å². The highest BCUT2D eigenvalue weighted by Crippen LogP contribution is 2.27. The van der Waals surface area contributed by atoms with E-state index in [-0.39, 0.29) is 35.1 Å². The second kappa shape index (κ2) is 10.8. The molecule has 8 nitrogen and oxygen atoms in total. The van der Waals surface area contributed by atoms with Gasteiger partial charge in [-0.15, -0.1) is 4.40 Å². The Labute approximate surface area is 201 Å². The van der Waals surface area contributed by atoms with E-state index in [1.165, 1.54) is 11.1 Å². The van der Waals surface area contributed by atoms with Crippen LogP contribution in [-0.2, 0) is 14.8 Å². The van der Waals surface area contributed by atoms with Crippen LogP contribution in [-0.4, -0.2) is 50.1 Å². The fourth-order valence-electron chi connectivity index (χ4n) is 3.30. The molecular formula is C25H32N4O4S. The summed E-state index contributed by atoms with van der Waals surface area (Å²) in [5, 5.41) is 8.89. The molecule has 3 rings (SSSR count). The number of hydrogen-bond donors (Lipinski definition) is 1. The first kappa shape index (κ1) is 25.4. The van der Waals surface area contributed by atoms with Crippen molar-refractivity contribution in [3.63, 3.8) is 0 Å². The third-order valence-corrected chi connectivity index (χ3v) is 6.24. The Hall–Kier alpha value is -3.20. The standard InChI is InChI=1S/C25H32N4O4S/c1-5-6-17-33-20-13-11-19(12-14-20)18-26-29(16-15-23(30)27-25(2,3)4)24-21-9-7-8-10-22(21)34(31,32)28-24/h7-14,18H,5-6,15-17H2,1-4H3,(H,27,30). The molecule has 0 saturated heterocycles. The zero-order chi connectivity index (χ0) is 24.8. The summed E-state index contributed by atoms with van der Waals surface area (Å²) in [6.07, 6.45) is 3.80. The van der Waals surface area contributed by atoms with Crippen molar-refractivity contribution in [2.45, 2.75) is 57.4 Å². The van der Waals surface area contributed by atoms with E-state index < -0.39 is 10.0 Å². The number of hydrazone groups is 1. The first-order chi connectivity index (χ1) is 16.1. The van der Waals surface area contributed by atoms with Crippen LogP contribution < -0.4 is 10.1 Å². The lowest BCUT2D eigenvalue weighted by atomic mass is 10.1. The SMILES string of the molecule is CCCCOc1ccc(C=NN(CCC(=O)NC(C)(C)C)C2=NS(=O)(=O)c3ccccc32)cc1. The second-order valence-corrected chi connectivity index (χ2v) is 10.6. The topological polar surface area (TPSA) is 100 Å². The van der Waals surface area contributed by atoms with Crippen molar-refractivity contribution < 1.29 is 17.9 Å². The third-order valence-electron chi connectivity index (χ3n) is 4.92. The minimum atomic E-state index is -3.81. The van der Waals surface area contributed by atoms with Gasteiger partial charge >= 0.3 is 0 Å². The van der Waals surface area contributed by atoms with Crippen molar-refractivity contribution in [2.24, 2.45) is 9.50 Å². The van der Waals surface area contributed by atoms with Gasteiger partial charge in [0.25, 0.3) is 10.0 Å². The predicted octanol–water partition coefficient (Wildman–Crippen LogP) is 3.96. The van der Waals surface area contributed by atoms with E-state index >= 15 is 0 Å². The average molecular weight is 485 g/mol. The number of unbranched alkanes of at least 4 members (excludes halogenated alkanes) is 1. The summed E-state index contributed by atoms with van der Waals surface area (Å²) in [6, 6.07) is 14.1. The molecule has 34 heavy (non-hydrogen) atoms. The van der Waals surface area contributed by atoms with Crippen molar-refractivity contribution >= 4 is 28.0 Å². The Morgan fingerprint density at radius 2 is 1.85 bits per heavy atom. The molecule has 2 aromatic carbocycles. The smallest absolute Gasteiger partial charge is 0.285 e. The Balaban J connectivity index is 1.82. The number of ether oxygens (including phenoxy) is 1. The molecule has 0 spiro atoms. The monoisotopic (exact) mass is 484 g/mol. The first-order valence-corrected chi connectivity index (χ1v) is 12.8. The first-order valence-electron chi connectivity index (χ1n) is 11.4. The van der Waals surface area contributed by atoms with Crippen molar-refractivity contribution in [1.82, 2.24) is 10.3 Å². The second-order valence-electron chi connectivity index (χ2n) is 9.07. The highest BCUT2D eigenvalue weighted by Gasteiger charge is 2.32. The van der Waals surface area contributed by atoms with Gasteiger partial charge in [-0.2, -0.15) is 13.5 Å². The largest absolute Gasteiger partial charge is 0.494 e. The number of carbonyl (C=O) groups excluding carboxylic acids is 1. The zero-order valence-corrected chi connectivity index (χ0v) is 20.9. The van der Waals surface area contributed by atoms with Crippen molar-refractivity contribution in [1.29, 1.82) is 0 Å². The lowest BCUT2D eigenvalue weighted by Gasteiger charge is -2.22. The van der Waals surface area contributed by atoms with Gasteiger partial charge in [-0.3, -0.25) is 4.79 Å². The van der Waals surface area contributed by atoms with E-state index in [0.29, 0.717) is 12.2 Å². The molecule has 2 aromatic rings. The van der Waals surface area contributed by atoms with Gasteiger partial charge in [0.15, 0.2) is 5.84 Å². The number of sulfonamides is 1. The summed E-state index contributed by atoms with van der Waals surface area (Å²) in [5.74, 6) is 0.826. The molecule has 0 saturated carbocycles. The number of nitrogens with one attached hydrogen (secondary N) is 1. The lowest BCUT2D eigenvalue weighted by Crippen LogP contribution is -2.42. The maximum absolute atomic E-state index is 12.6. The summed E-state index contributed by atoms with van der Waals surface area (Å²) >= 11 is 0. The van der Waals surface area contributed by atoms with Crippen molar-refractivity contribution in [2.75, 3.05) is 13.2 Å². The fraction of sp³-hybridized carbons (Fsp3) is 0.400. The molecule has 1 heterocycles. The quantitative estimate of drug-likeness (QED) is 0.330. The number of hydrogen-bond acceptors (Lipinski definition) is 6. The molecule has 1 N–H and O–H groups in total. The minimum Gasteiger partial charge on any atom is -0.494 e. The highest BCUT2D eigenvalue weighted by atomic mass is 32.2. The van der Waals surface area contributed by atoms with Crippen LogP contribution >= 0.6 is 0 Å². The van der Waals surface area contributed by atoms with Gasteiger partial charge in [-0.05, 0) is 69.2 Å². The lowest BCUT2D eigenvalue weighted by molar-refractivity contribution is -0.122. The minimum absolute atomic E-state index is 0.125. The molecule has 182 valence electrons. The van der Waals surface area contributed by atoms with E-state index in [2.05, 4.69) is 21.7 Å². The number of carbonyl (C=O) groups is 1. The van der Waals surface area contributed by atoms with Crippen LogP contribution in [0.2, 0.25) is 0 Å². The summed E-state index contributed by atoms with van der Waals surface area (Å²) in [4.78, 5) is 12.5. The molecule has 0 unspecified atom stereocenters. The number of benzene rings is 2. The summed E-state index contributed by atoms with van der Waals surface area (Å²) in [7, 11) is -3.81. The van der Waals surface area contributed by atoms with E-state index in [0.717, 1.165) is 24.2 Å². The third kappa shape index (κ3) is 6.90. The van der Waals surface area contributed by atoms with E-state index in [1.807, 2.05) is 45.0 Å². The van der Waals surface area contributed by atoms with Gasteiger partial charge in [-0.1, -0.05) is 25.5 Å². The molecule has 9 heteroatoms. The van der Waals surface area contributed by atoms with Crippen LogP contribution in [0.3, 0.4) is 0 Å². The molecule has 0 atom stereocenters. The van der Waals surface area contributed by atoms with Crippen LogP contribution in [0.25, 0.3) is 0 Å². The fourth-order valence-corrected chi connectivity index (χ4v) is 4.51. The molecule has 0 aromatic heterocycles. The Morgan fingerprint density at radius 1 is 1.15 bits per heavy atom. The molecule has 0 aliphatic carbocycles. The number of amidine groups is 1. The van der Waals surface area contributed by atoms with Crippen LogP contribution in [0, 0.1) is 0 Å². The molecule has 0 bridgehead atoms. The van der Waals surface area contributed by atoms with Gasteiger partial charge in [0.2, 0.25) is 5.91 Å².